The summed E-state index contributed by atoms with van der Waals surface area (Å²) in [6.45, 7) is 2.01. The first kappa shape index (κ1) is 16.8. The molecule has 24 heavy (non-hydrogen) atoms. The van der Waals surface area contributed by atoms with Gasteiger partial charge < -0.3 is 4.90 Å². The maximum atomic E-state index is 12.5. The standard InChI is InChI=1S/C17H22N4O2S/c1-11-19-13-5-4-6-14(17(13)24-11)21(3)16(23)8-7-15(22)12-9-18-20(2)10-12/h9-10,14H,4-8H2,1-3H3/t14-/m0/s1. The van der Waals surface area contributed by atoms with Crippen LogP contribution >= 0.6 is 11.3 Å². The van der Waals surface area contributed by atoms with Crippen LogP contribution in [0.15, 0.2) is 12.4 Å². The number of carbonyl (C=O) groups excluding carboxylic acids is 2. The van der Waals surface area contributed by atoms with E-state index in [0.717, 1.165) is 30.0 Å². The van der Waals surface area contributed by atoms with Crippen molar-refractivity contribution in [1.29, 1.82) is 0 Å². The highest BCUT2D eigenvalue weighted by Gasteiger charge is 2.29. The zero-order valence-electron chi connectivity index (χ0n) is 14.3. The van der Waals surface area contributed by atoms with Crippen LogP contribution in [0.3, 0.4) is 0 Å². The highest BCUT2D eigenvalue weighted by atomic mass is 32.1. The Morgan fingerprint density at radius 2 is 2.21 bits per heavy atom. The summed E-state index contributed by atoms with van der Waals surface area (Å²) in [6.07, 6.45) is 6.69. The van der Waals surface area contributed by atoms with Gasteiger partial charge >= 0.3 is 0 Å². The van der Waals surface area contributed by atoms with Gasteiger partial charge in [0.25, 0.3) is 0 Å². The molecule has 1 amide bonds. The Hall–Kier alpha value is -2.02. The van der Waals surface area contributed by atoms with Crippen molar-refractivity contribution < 1.29 is 9.59 Å². The molecule has 2 heterocycles. The molecule has 7 heteroatoms. The van der Waals surface area contributed by atoms with Crippen molar-refractivity contribution in [2.24, 2.45) is 7.05 Å². The second-order valence-corrected chi connectivity index (χ2v) is 7.52. The van der Waals surface area contributed by atoms with Gasteiger partial charge in [-0.05, 0) is 26.2 Å². The van der Waals surface area contributed by atoms with Crippen molar-refractivity contribution in [3.8, 4) is 0 Å². The molecule has 1 atom stereocenters. The minimum absolute atomic E-state index is 0.0103. The van der Waals surface area contributed by atoms with Crippen molar-refractivity contribution in [2.45, 2.75) is 45.1 Å². The van der Waals surface area contributed by atoms with E-state index in [1.165, 1.54) is 4.88 Å². The van der Waals surface area contributed by atoms with Crippen LogP contribution in [0.25, 0.3) is 0 Å². The molecule has 2 aromatic rings. The Morgan fingerprint density at radius 3 is 2.92 bits per heavy atom. The summed E-state index contributed by atoms with van der Waals surface area (Å²) in [4.78, 5) is 32.3. The van der Waals surface area contributed by atoms with Crippen molar-refractivity contribution in [1.82, 2.24) is 19.7 Å². The first-order valence-corrected chi connectivity index (χ1v) is 9.01. The number of hydrogen-bond donors (Lipinski definition) is 0. The molecule has 2 aromatic heterocycles. The van der Waals surface area contributed by atoms with Gasteiger partial charge in [-0.3, -0.25) is 14.3 Å². The van der Waals surface area contributed by atoms with Crippen LogP contribution in [0.4, 0.5) is 0 Å². The van der Waals surface area contributed by atoms with Gasteiger partial charge in [0, 0.05) is 33.1 Å². The number of aromatic nitrogens is 3. The number of fused-ring (bicyclic) bond motifs is 1. The zero-order chi connectivity index (χ0) is 17.3. The van der Waals surface area contributed by atoms with Gasteiger partial charge in [0.1, 0.15) is 0 Å². The third-order valence-electron chi connectivity index (χ3n) is 4.48. The molecule has 0 saturated carbocycles. The maximum Gasteiger partial charge on any atom is 0.223 e. The summed E-state index contributed by atoms with van der Waals surface area (Å²) in [5, 5.41) is 5.05. The third-order valence-corrected chi connectivity index (χ3v) is 5.60. The summed E-state index contributed by atoms with van der Waals surface area (Å²) in [5.74, 6) is -0.0287. The molecule has 0 unspecified atom stereocenters. The van der Waals surface area contributed by atoms with E-state index in [0.29, 0.717) is 5.56 Å². The van der Waals surface area contributed by atoms with Gasteiger partial charge in [-0.1, -0.05) is 0 Å². The predicted octanol–water partition coefficient (Wildman–Crippen LogP) is 2.68. The van der Waals surface area contributed by atoms with Crippen molar-refractivity contribution >= 4 is 23.0 Å². The molecule has 0 N–H and O–H groups in total. The number of amides is 1. The molecule has 0 radical (unpaired) electrons. The first-order valence-electron chi connectivity index (χ1n) is 8.19. The monoisotopic (exact) mass is 346 g/mol. The molecule has 1 aliphatic carbocycles. The zero-order valence-corrected chi connectivity index (χ0v) is 15.1. The fraction of sp³-hybridized carbons (Fsp3) is 0.529. The van der Waals surface area contributed by atoms with Crippen LogP contribution in [0.5, 0.6) is 0 Å². The molecule has 0 aromatic carbocycles. The lowest BCUT2D eigenvalue weighted by Crippen LogP contribution is -2.33. The topological polar surface area (TPSA) is 68.1 Å². The Balaban J connectivity index is 1.62. The molecule has 1 aliphatic rings. The number of ketones is 1. The lowest BCUT2D eigenvalue weighted by atomic mass is 9.96. The summed E-state index contributed by atoms with van der Waals surface area (Å²) in [5.41, 5.74) is 1.70. The number of hydrogen-bond acceptors (Lipinski definition) is 5. The summed E-state index contributed by atoms with van der Waals surface area (Å²) >= 11 is 1.69. The van der Waals surface area contributed by atoms with Gasteiger partial charge in [0.15, 0.2) is 5.78 Å². The van der Waals surface area contributed by atoms with E-state index < -0.39 is 0 Å². The third kappa shape index (κ3) is 3.40. The number of thiazole rings is 1. The molecule has 0 bridgehead atoms. The minimum atomic E-state index is -0.0391. The van der Waals surface area contributed by atoms with Crippen molar-refractivity contribution in [3.63, 3.8) is 0 Å². The average Bonchev–Trinajstić information content (AvgIpc) is 3.15. The predicted molar refractivity (Wildman–Crippen MR) is 92.1 cm³/mol. The minimum Gasteiger partial charge on any atom is -0.338 e. The number of carbonyl (C=O) groups is 2. The lowest BCUT2D eigenvalue weighted by molar-refractivity contribution is -0.132. The molecular weight excluding hydrogens is 324 g/mol. The SMILES string of the molecule is Cc1nc2c(s1)[C@@H](N(C)C(=O)CCC(=O)c1cnn(C)c1)CCC2. The van der Waals surface area contributed by atoms with E-state index in [1.54, 1.807) is 40.4 Å². The number of aryl methyl sites for hydroxylation is 3. The maximum absolute atomic E-state index is 12.5. The fourth-order valence-corrected chi connectivity index (χ4v) is 4.32. The average molecular weight is 346 g/mol. The van der Waals surface area contributed by atoms with Crippen LogP contribution in [0, 0.1) is 6.92 Å². The Kier molecular flexibility index (Phi) is 4.80. The van der Waals surface area contributed by atoms with Gasteiger partial charge in [0.2, 0.25) is 5.91 Å². The molecule has 6 nitrogen and oxygen atoms in total. The molecule has 0 aliphatic heterocycles. The van der Waals surface area contributed by atoms with Gasteiger partial charge in [0.05, 0.1) is 33.4 Å². The van der Waals surface area contributed by atoms with Crippen LogP contribution in [-0.2, 0) is 18.3 Å². The van der Waals surface area contributed by atoms with E-state index in [4.69, 9.17) is 0 Å². The fourth-order valence-electron chi connectivity index (χ4n) is 3.17. The number of rotatable bonds is 5. The molecular formula is C17H22N4O2S. The van der Waals surface area contributed by atoms with Gasteiger partial charge in [-0.2, -0.15) is 5.10 Å². The van der Waals surface area contributed by atoms with E-state index >= 15 is 0 Å². The normalized spacial score (nSPS) is 16.7. The molecule has 128 valence electrons. The quantitative estimate of drug-likeness (QED) is 0.781. The second kappa shape index (κ2) is 6.84. The molecule has 3 rings (SSSR count). The van der Waals surface area contributed by atoms with Gasteiger partial charge in [-0.15, -0.1) is 11.3 Å². The van der Waals surface area contributed by atoms with Crippen LogP contribution in [0.2, 0.25) is 0 Å². The van der Waals surface area contributed by atoms with Crippen LogP contribution < -0.4 is 0 Å². The van der Waals surface area contributed by atoms with E-state index in [2.05, 4.69) is 10.1 Å². The highest BCUT2D eigenvalue weighted by Crippen LogP contribution is 2.37. The molecule has 0 fully saturated rings. The molecule has 0 spiro atoms. The van der Waals surface area contributed by atoms with Crippen molar-refractivity contribution in [2.75, 3.05) is 7.05 Å². The Morgan fingerprint density at radius 1 is 1.42 bits per heavy atom. The molecule has 0 saturated heterocycles. The second-order valence-electron chi connectivity index (χ2n) is 6.28. The summed E-state index contributed by atoms with van der Waals surface area (Å²) < 4.78 is 1.59. The Bertz CT molecular complexity index is 764. The van der Waals surface area contributed by atoms with E-state index in [9.17, 15) is 9.59 Å². The van der Waals surface area contributed by atoms with Gasteiger partial charge in [-0.25, -0.2) is 4.98 Å². The highest BCUT2D eigenvalue weighted by molar-refractivity contribution is 7.11. The van der Waals surface area contributed by atoms with E-state index in [-0.39, 0.29) is 30.6 Å². The smallest absolute Gasteiger partial charge is 0.223 e. The van der Waals surface area contributed by atoms with Crippen molar-refractivity contribution in [3.05, 3.63) is 33.5 Å². The van der Waals surface area contributed by atoms with E-state index in [1.807, 2.05) is 14.0 Å². The van der Waals surface area contributed by atoms with Crippen LogP contribution in [-0.4, -0.2) is 38.4 Å². The van der Waals surface area contributed by atoms with Crippen LogP contribution in [0.1, 0.15) is 57.7 Å². The number of Topliss-reactive ketones (excluding diaryl/α,β-unsaturated/α-hetero) is 1. The number of nitrogens with zero attached hydrogens (tertiary/aromatic N) is 4. The largest absolute Gasteiger partial charge is 0.338 e. The Labute approximate surface area is 145 Å². The first-order chi connectivity index (χ1) is 11.5. The summed E-state index contributed by atoms with van der Waals surface area (Å²) in [7, 11) is 3.61. The summed E-state index contributed by atoms with van der Waals surface area (Å²) in [6, 6.07) is 0.0981. The lowest BCUT2D eigenvalue weighted by Gasteiger charge is -2.30.